The molecule has 10 heavy (non-hydrogen) atoms. The number of nitrogens with one attached hydrogen (secondary N) is 2. The smallest absolute Gasteiger partial charge is 0.00150 e. The van der Waals surface area contributed by atoms with Crippen LogP contribution in [0.1, 0.15) is 0 Å². The largest absolute Gasteiger partial charge is 0.261 e. The van der Waals surface area contributed by atoms with Gasteiger partial charge in [-0.2, -0.15) is 0 Å². The molecule has 2 nitrogen and oxygen atoms in total. The molecule has 1 aromatic rings. The highest BCUT2D eigenvalue weighted by atomic mass is 15.3. The van der Waals surface area contributed by atoms with Crippen LogP contribution in [0.15, 0.2) is 36.4 Å². The fraction of sp³-hybridized carbons (Fsp3) is 0.250. The lowest BCUT2D eigenvalue weighted by Crippen LogP contribution is -2.21. The van der Waals surface area contributed by atoms with Crippen LogP contribution in [-0.2, 0) is 0 Å². The Bertz CT molecular complexity index is 99.2. The van der Waals surface area contributed by atoms with Gasteiger partial charge in [-0.1, -0.05) is 36.4 Å². The number of rotatable bonds is 1. The average Bonchev–Trinajstić information content (AvgIpc) is 2.08. The van der Waals surface area contributed by atoms with E-state index < -0.39 is 0 Å². The van der Waals surface area contributed by atoms with Gasteiger partial charge in [0.2, 0.25) is 0 Å². The van der Waals surface area contributed by atoms with Crippen LogP contribution in [0.3, 0.4) is 0 Å². The molecule has 2 N–H and O–H groups in total. The highest BCUT2D eigenvalue weighted by Crippen LogP contribution is 1.79. The van der Waals surface area contributed by atoms with Crippen LogP contribution in [-0.4, -0.2) is 14.1 Å². The van der Waals surface area contributed by atoms with Crippen LogP contribution >= 0.6 is 0 Å². The SMILES string of the molecule is CNNC.c1ccccc1. The minimum atomic E-state index is 1.82. The van der Waals surface area contributed by atoms with Crippen LogP contribution in [0.25, 0.3) is 0 Å². The van der Waals surface area contributed by atoms with Crippen molar-refractivity contribution in [2.75, 3.05) is 14.1 Å². The highest BCUT2D eigenvalue weighted by Gasteiger charge is 1.57. The summed E-state index contributed by atoms with van der Waals surface area (Å²) in [5.41, 5.74) is 5.36. The molecule has 0 spiro atoms. The summed E-state index contributed by atoms with van der Waals surface area (Å²) in [7, 11) is 3.64. The van der Waals surface area contributed by atoms with Crippen molar-refractivity contribution >= 4 is 0 Å². The fourth-order valence-electron chi connectivity index (χ4n) is 0.385. The molecule has 2 heteroatoms. The summed E-state index contributed by atoms with van der Waals surface area (Å²) in [4.78, 5) is 0. The highest BCUT2D eigenvalue weighted by molar-refractivity contribution is 4.99. The maximum absolute atomic E-state index is 2.68. The molecule has 0 heterocycles. The van der Waals surface area contributed by atoms with Crippen molar-refractivity contribution in [3.05, 3.63) is 36.4 Å². The second kappa shape index (κ2) is 8.14. The van der Waals surface area contributed by atoms with Gasteiger partial charge in [-0.05, 0) is 14.1 Å². The second-order valence-corrected chi connectivity index (χ2v) is 1.65. The Balaban J connectivity index is 0.000000180. The molecule has 0 amide bonds. The molecule has 0 aliphatic rings. The minimum Gasteiger partial charge on any atom is -0.261 e. The van der Waals surface area contributed by atoms with Gasteiger partial charge < -0.3 is 0 Å². The lowest BCUT2D eigenvalue weighted by atomic mass is 10.4. The molecule has 0 radical (unpaired) electrons. The normalized spacial score (nSPS) is 7.80. The van der Waals surface area contributed by atoms with E-state index in [4.69, 9.17) is 0 Å². The van der Waals surface area contributed by atoms with Crippen molar-refractivity contribution in [1.29, 1.82) is 0 Å². The Morgan fingerprint density at radius 3 is 0.900 bits per heavy atom. The lowest BCUT2D eigenvalue weighted by Gasteiger charge is -1.81. The van der Waals surface area contributed by atoms with Gasteiger partial charge in [-0.25, -0.2) is 0 Å². The Kier molecular flexibility index (Phi) is 7.44. The molecule has 0 fully saturated rings. The molecule has 0 unspecified atom stereocenters. The van der Waals surface area contributed by atoms with E-state index in [9.17, 15) is 0 Å². The Morgan fingerprint density at radius 1 is 0.600 bits per heavy atom. The topological polar surface area (TPSA) is 24.1 Å². The zero-order valence-corrected chi connectivity index (χ0v) is 6.46. The molecule has 1 rings (SSSR count). The maximum Gasteiger partial charge on any atom is -0.00150 e. The first-order valence-electron chi connectivity index (χ1n) is 3.25. The van der Waals surface area contributed by atoms with E-state index in [0.717, 1.165) is 0 Å². The van der Waals surface area contributed by atoms with Crippen molar-refractivity contribution < 1.29 is 0 Å². The van der Waals surface area contributed by atoms with Gasteiger partial charge in [0.1, 0.15) is 0 Å². The summed E-state index contributed by atoms with van der Waals surface area (Å²) in [6.07, 6.45) is 0. The van der Waals surface area contributed by atoms with E-state index in [2.05, 4.69) is 10.9 Å². The summed E-state index contributed by atoms with van der Waals surface area (Å²) in [6.45, 7) is 0. The van der Waals surface area contributed by atoms with Crippen molar-refractivity contribution in [1.82, 2.24) is 10.9 Å². The predicted molar refractivity (Wildman–Crippen MR) is 44.6 cm³/mol. The van der Waals surface area contributed by atoms with Crippen LogP contribution in [0.4, 0.5) is 0 Å². The molecule has 0 aliphatic carbocycles. The summed E-state index contributed by atoms with van der Waals surface area (Å²) in [6, 6.07) is 12.0. The number of hydrazine groups is 1. The van der Waals surface area contributed by atoms with Gasteiger partial charge in [0.25, 0.3) is 0 Å². The molecule has 0 atom stereocenters. The third-order valence-electron chi connectivity index (χ3n) is 0.917. The fourth-order valence-corrected chi connectivity index (χ4v) is 0.385. The van der Waals surface area contributed by atoms with Gasteiger partial charge in [-0.3, -0.25) is 10.9 Å². The standard InChI is InChI=1S/C6H6.C2H8N2/c1-2-4-6-5-3-1;1-3-4-2/h1-6H;3-4H,1-2H3. The van der Waals surface area contributed by atoms with Crippen molar-refractivity contribution in [2.24, 2.45) is 0 Å². The first-order valence-corrected chi connectivity index (χ1v) is 3.25. The van der Waals surface area contributed by atoms with E-state index in [1.165, 1.54) is 0 Å². The predicted octanol–water partition coefficient (Wildman–Crippen LogP) is 1.03. The molecule has 0 saturated carbocycles. The van der Waals surface area contributed by atoms with Crippen LogP contribution in [0.5, 0.6) is 0 Å². The zero-order chi connectivity index (χ0) is 7.66. The van der Waals surface area contributed by atoms with Crippen molar-refractivity contribution in [3.63, 3.8) is 0 Å². The average molecular weight is 138 g/mol. The molecule has 56 valence electrons. The molecule has 1 aromatic carbocycles. The molecule has 0 aromatic heterocycles. The summed E-state index contributed by atoms with van der Waals surface area (Å²) in [5, 5.41) is 0. The lowest BCUT2D eigenvalue weighted by molar-refractivity contribution is 0.689. The second-order valence-electron chi connectivity index (χ2n) is 1.65. The van der Waals surface area contributed by atoms with Gasteiger partial charge in [0.15, 0.2) is 0 Å². The third kappa shape index (κ3) is 7.14. The number of hydrogen-bond donors (Lipinski definition) is 2. The van der Waals surface area contributed by atoms with E-state index in [1.807, 2.05) is 50.5 Å². The Morgan fingerprint density at radius 2 is 0.800 bits per heavy atom. The minimum absolute atomic E-state index is 1.82. The molecular weight excluding hydrogens is 124 g/mol. The van der Waals surface area contributed by atoms with Crippen LogP contribution in [0, 0.1) is 0 Å². The number of hydrogen-bond acceptors (Lipinski definition) is 2. The third-order valence-corrected chi connectivity index (χ3v) is 0.917. The molecule has 0 bridgehead atoms. The van der Waals surface area contributed by atoms with Crippen molar-refractivity contribution in [3.8, 4) is 0 Å². The first kappa shape index (κ1) is 9.14. The van der Waals surface area contributed by atoms with Gasteiger partial charge in [0.05, 0.1) is 0 Å². The van der Waals surface area contributed by atoms with Gasteiger partial charge in [0, 0.05) is 0 Å². The molecule has 0 saturated heterocycles. The van der Waals surface area contributed by atoms with E-state index in [-0.39, 0.29) is 0 Å². The first-order chi connectivity index (χ1) is 4.91. The zero-order valence-electron chi connectivity index (χ0n) is 6.46. The summed E-state index contributed by atoms with van der Waals surface area (Å²) >= 11 is 0. The Hall–Kier alpha value is -0.860. The maximum atomic E-state index is 2.68. The monoisotopic (exact) mass is 138 g/mol. The van der Waals surface area contributed by atoms with Crippen LogP contribution < -0.4 is 10.9 Å². The van der Waals surface area contributed by atoms with Gasteiger partial charge in [-0.15, -0.1) is 0 Å². The van der Waals surface area contributed by atoms with E-state index >= 15 is 0 Å². The van der Waals surface area contributed by atoms with Gasteiger partial charge >= 0.3 is 0 Å². The van der Waals surface area contributed by atoms with Crippen molar-refractivity contribution in [2.45, 2.75) is 0 Å². The summed E-state index contributed by atoms with van der Waals surface area (Å²) < 4.78 is 0. The van der Waals surface area contributed by atoms with E-state index in [1.54, 1.807) is 0 Å². The molecule has 0 aliphatic heterocycles. The Labute approximate surface area is 62.2 Å². The quantitative estimate of drug-likeness (QED) is 0.566. The van der Waals surface area contributed by atoms with E-state index in [0.29, 0.717) is 0 Å². The summed E-state index contributed by atoms with van der Waals surface area (Å²) in [5.74, 6) is 0. The van der Waals surface area contributed by atoms with Crippen LogP contribution in [0.2, 0.25) is 0 Å². The molecular formula is C8H14N2. The number of benzene rings is 1.